The number of fused-ring (bicyclic) bond motifs is 1. The van der Waals surface area contributed by atoms with Crippen molar-refractivity contribution < 1.29 is 18.0 Å². The SMILES string of the molecule is Cc1nc(N[C@H]2C[C@H](NCc3cc(F)c(F)c(F)c3)C2)nc2c1NC(=O)C(C(C)C)N2C. The van der Waals surface area contributed by atoms with Gasteiger partial charge in [-0.05, 0) is 43.4 Å². The molecule has 172 valence electrons. The van der Waals surface area contributed by atoms with E-state index in [1.807, 2.05) is 32.7 Å². The van der Waals surface area contributed by atoms with Gasteiger partial charge in [0.1, 0.15) is 11.7 Å². The van der Waals surface area contributed by atoms with Gasteiger partial charge in [-0.15, -0.1) is 0 Å². The van der Waals surface area contributed by atoms with Crippen molar-refractivity contribution in [2.45, 2.75) is 58.3 Å². The molecule has 1 aromatic heterocycles. The Balaban J connectivity index is 1.36. The Bertz CT molecular complexity index is 1020. The van der Waals surface area contributed by atoms with Gasteiger partial charge in [-0.25, -0.2) is 18.2 Å². The summed E-state index contributed by atoms with van der Waals surface area (Å²) in [6.45, 7) is 6.08. The first kappa shape index (κ1) is 22.3. The van der Waals surface area contributed by atoms with Gasteiger partial charge in [-0.2, -0.15) is 4.98 Å². The molecule has 0 saturated heterocycles. The molecule has 32 heavy (non-hydrogen) atoms. The van der Waals surface area contributed by atoms with Crippen molar-refractivity contribution in [1.29, 1.82) is 0 Å². The van der Waals surface area contributed by atoms with E-state index in [1.54, 1.807) is 0 Å². The molecule has 1 atom stereocenters. The molecule has 0 radical (unpaired) electrons. The Morgan fingerprint density at radius 1 is 1.16 bits per heavy atom. The van der Waals surface area contributed by atoms with Crippen LogP contribution < -0.4 is 20.9 Å². The lowest BCUT2D eigenvalue weighted by molar-refractivity contribution is -0.118. The molecule has 3 N–H and O–H groups in total. The van der Waals surface area contributed by atoms with Crippen LogP contribution in [-0.4, -0.2) is 41.0 Å². The van der Waals surface area contributed by atoms with Gasteiger partial charge in [0, 0.05) is 25.7 Å². The molecule has 2 heterocycles. The number of aryl methyl sites for hydroxylation is 1. The van der Waals surface area contributed by atoms with Gasteiger partial charge < -0.3 is 20.9 Å². The van der Waals surface area contributed by atoms with Crippen molar-refractivity contribution >= 4 is 23.4 Å². The second kappa shape index (κ2) is 8.57. The summed E-state index contributed by atoms with van der Waals surface area (Å²) in [7, 11) is 1.86. The number of likely N-dealkylation sites (N-methyl/N-ethyl adjacent to an activating group) is 1. The molecule has 1 aromatic carbocycles. The van der Waals surface area contributed by atoms with Gasteiger partial charge in [0.05, 0.1) is 5.69 Å². The summed E-state index contributed by atoms with van der Waals surface area (Å²) < 4.78 is 39.8. The van der Waals surface area contributed by atoms with Crippen LogP contribution in [0.25, 0.3) is 0 Å². The fourth-order valence-electron chi connectivity index (χ4n) is 4.34. The number of carbonyl (C=O) groups is 1. The monoisotopic (exact) mass is 448 g/mol. The number of hydrogen-bond acceptors (Lipinski definition) is 6. The maximum Gasteiger partial charge on any atom is 0.247 e. The Morgan fingerprint density at radius 3 is 2.44 bits per heavy atom. The highest BCUT2D eigenvalue weighted by atomic mass is 19.2. The van der Waals surface area contributed by atoms with Crippen LogP contribution in [0, 0.1) is 30.3 Å². The third-order valence-corrected chi connectivity index (χ3v) is 6.08. The quantitative estimate of drug-likeness (QED) is 0.588. The van der Waals surface area contributed by atoms with Gasteiger partial charge in [0.2, 0.25) is 11.9 Å². The van der Waals surface area contributed by atoms with E-state index in [2.05, 4.69) is 25.9 Å². The third kappa shape index (κ3) is 4.23. The van der Waals surface area contributed by atoms with E-state index in [1.165, 1.54) is 0 Å². The fourth-order valence-corrected chi connectivity index (χ4v) is 4.34. The standard InChI is InChI=1S/C22H27F3N6O/c1-10(2)19-21(32)29-18-11(3)27-22(30-20(18)31(19)4)28-14-7-13(8-14)26-9-12-5-15(23)17(25)16(24)6-12/h5-6,10,13-14,19,26H,7-9H2,1-4H3,(H,29,32)(H,27,28,30)/t13-,14-,19?. The van der Waals surface area contributed by atoms with E-state index in [4.69, 9.17) is 0 Å². The number of benzene rings is 1. The van der Waals surface area contributed by atoms with E-state index in [0.717, 1.165) is 25.0 Å². The largest absolute Gasteiger partial charge is 0.351 e. The van der Waals surface area contributed by atoms with E-state index in [9.17, 15) is 18.0 Å². The summed E-state index contributed by atoms with van der Waals surface area (Å²) in [6.07, 6.45) is 1.57. The molecule has 0 bridgehead atoms. The number of aromatic nitrogens is 2. The second-order valence-corrected chi connectivity index (χ2v) is 8.88. The highest BCUT2D eigenvalue weighted by Gasteiger charge is 2.36. The summed E-state index contributed by atoms with van der Waals surface area (Å²) in [4.78, 5) is 23.5. The molecule has 1 aliphatic heterocycles. The van der Waals surface area contributed by atoms with E-state index in [0.29, 0.717) is 28.7 Å². The Morgan fingerprint density at radius 2 is 1.81 bits per heavy atom. The predicted octanol–water partition coefficient (Wildman–Crippen LogP) is 3.35. The predicted molar refractivity (Wildman–Crippen MR) is 116 cm³/mol. The van der Waals surface area contributed by atoms with Gasteiger partial charge in [-0.1, -0.05) is 13.8 Å². The number of amides is 1. The molecule has 2 aliphatic rings. The highest BCUT2D eigenvalue weighted by molar-refractivity contribution is 6.03. The van der Waals surface area contributed by atoms with Crippen molar-refractivity contribution in [3.8, 4) is 0 Å². The number of nitrogens with zero attached hydrogens (tertiary/aromatic N) is 3. The molecule has 10 heteroatoms. The minimum Gasteiger partial charge on any atom is -0.351 e. The minimum atomic E-state index is -1.45. The van der Waals surface area contributed by atoms with Crippen LogP contribution in [0.1, 0.15) is 37.9 Å². The normalized spacial score (nSPS) is 22.4. The summed E-state index contributed by atoms with van der Waals surface area (Å²) in [6, 6.07) is 2.01. The number of rotatable bonds is 6. The lowest BCUT2D eigenvalue weighted by Gasteiger charge is -2.38. The topological polar surface area (TPSA) is 82.2 Å². The lowest BCUT2D eigenvalue weighted by atomic mass is 9.86. The molecular weight excluding hydrogens is 421 g/mol. The Labute approximate surface area is 184 Å². The van der Waals surface area contributed by atoms with E-state index >= 15 is 0 Å². The van der Waals surface area contributed by atoms with Gasteiger partial charge >= 0.3 is 0 Å². The number of anilines is 3. The summed E-state index contributed by atoms with van der Waals surface area (Å²) in [5, 5.41) is 9.48. The first-order valence-corrected chi connectivity index (χ1v) is 10.7. The number of halogens is 3. The van der Waals surface area contributed by atoms with Crippen molar-refractivity contribution in [2.75, 3.05) is 22.6 Å². The maximum absolute atomic E-state index is 13.3. The zero-order valence-electron chi connectivity index (χ0n) is 18.5. The van der Waals surface area contributed by atoms with E-state index in [-0.39, 0.29) is 36.5 Å². The molecule has 0 spiro atoms. The molecule has 1 saturated carbocycles. The van der Waals surface area contributed by atoms with Gasteiger partial charge in [-0.3, -0.25) is 4.79 Å². The molecule has 2 aromatic rings. The second-order valence-electron chi connectivity index (χ2n) is 8.88. The maximum atomic E-state index is 13.3. The molecule has 4 rings (SSSR count). The van der Waals surface area contributed by atoms with Crippen LogP contribution in [0.15, 0.2) is 12.1 Å². The fraction of sp³-hybridized carbons (Fsp3) is 0.500. The summed E-state index contributed by atoms with van der Waals surface area (Å²) in [5.41, 5.74) is 1.68. The zero-order valence-corrected chi connectivity index (χ0v) is 18.5. The number of hydrogen-bond donors (Lipinski definition) is 3. The molecule has 1 fully saturated rings. The minimum absolute atomic E-state index is 0.0590. The molecular formula is C22H27F3N6O. The highest BCUT2D eigenvalue weighted by Crippen LogP contribution is 2.35. The first-order chi connectivity index (χ1) is 15.1. The smallest absolute Gasteiger partial charge is 0.247 e. The van der Waals surface area contributed by atoms with Crippen LogP contribution in [-0.2, 0) is 11.3 Å². The molecule has 1 aliphatic carbocycles. The van der Waals surface area contributed by atoms with Crippen LogP contribution in [0.2, 0.25) is 0 Å². The molecule has 1 amide bonds. The van der Waals surface area contributed by atoms with E-state index < -0.39 is 17.5 Å². The Kier molecular flexibility index (Phi) is 5.98. The van der Waals surface area contributed by atoms with Crippen molar-refractivity contribution in [2.24, 2.45) is 5.92 Å². The lowest BCUT2D eigenvalue weighted by Crippen LogP contribution is -2.50. The molecule has 7 nitrogen and oxygen atoms in total. The van der Waals surface area contributed by atoms with Crippen LogP contribution >= 0.6 is 0 Å². The van der Waals surface area contributed by atoms with Crippen LogP contribution in [0.3, 0.4) is 0 Å². The number of carbonyl (C=O) groups excluding carboxylic acids is 1. The van der Waals surface area contributed by atoms with Crippen LogP contribution in [0.5, 0.6) is 0 Å². The Hall–Kier alpha value is -2.88. The van der Waals surface area contributed by atoms with Crippen molar-refractivity contribution in [1.82, 2.24) is 15.3 Å². The third-order valence-electron chi connectivity index (χ3n) is 6.08. The van der Waals surface area contributed by atoms with Gasteiger partial charge in [0.15, 0.2) is 23.3 Å². The molecule has 1 unspecified atom stereocenters. The first-order valence-electron chi connectivity index (χ1n) is 10.7. The van der Waals surface area contributed by atoms with Crippen molar-refractivity contribution in [3.63, 3.8) is 0 Å². The summed E-state index contributed by atoms with van der Waals surface area (Å²) in [5.74, 6) is -2.57. The zero-order chi connectivity index (χ0) is 23.2. The average Bonchev–Trinajstić information content (AvgIpc) is 2.68. The van der Waals surface area contributed by atoms with Crippen molar-refractivity contribution in [3.05, 3.63) is 40.8 Å². The summed E-state index contributed by atoms with van der Waals surface area (Å²) >= 11 is 0. The average molecular weight is 448 g/mol. The van der Waals surface area contributed by atoms with Crippen LogP contribution in [0.4, 0.5) is 30.6 Å². The number of nitrogens with one attached hydrogen (secondary N) is 3. The van der Waals surface area contributed by atoms with Gasteiger partial charge in [0.25, 0.3) is 0 Å².